The highest BCUT2D eigenvalue weighted by Gasteiger charge is 2.33. The van der Waals surface area contributed by atoms with Crippen LogP contribution < -0.4 is 15.1 Å². The number of rotatable bonds is 15. The number of methoxy groups -OCH3 is 2. The number of carbonyl (C=O) groups excluding carboxylic acids is 4. The van der Waals surface area contributed by atoms with Gasteiger partial charge in [0.2, 0.25) is 17.6 Å². The van der Waals surface area contributed by atoms with Gasteiger partial charge in [-0.25, -0.2) is 42.5 Å². The minimum Gasteiger partial charge on any atom is -0.384 e. The molecule has 0 radical (unpaired) electrons. The molecule has 0 saturated carbocycles. The van der Waals surface area contributed by atoms with Crippen LogP contribution in [-0.2, 0) is 51.7 Å². The molecule has 0 bridgehead atoms. The van der Waals surface area contributed by atoms with Crippen molar-refractivity contribution in [1.29, 1.82) is 0 Å². The van der Waals surface area contributed by atoms with E-state index < -0.39 is 41.3 Å². The number of carbonyl (C=O) groups is 4. The van der Waals surface area contributed by atoms with Crippen molar-refractivity contribution >= 4 is 41.5 Å². The van der Waals surface area contributed by atoms with Crippen molar-refractivity contribution in [3.05, 3.63) is 119 Å². The zero-order valence-corrected chi connectivity index (χ0v) is 36.0. The van der Waals surface area contributed by atoms with Crippen LogP contribution in [0.4, 0.5) is 20.4 Å². The number of aryl methyl sites for hydroxylation is 2. The Morgan fingerprint density at radius 2 is 1.49 bits per heavy atom. The van der Waals surface area contributed by atoms with E-state index in [-0.39, 0.29) is 61.7 Å². The summed E-state index contributed by atoms with van der Waals surface area (Å²) < 4.78 is 46.7. The van der Waals surface area contributed by atoms with E-state index in [2.05, 4.69) is 35.6 Å². The van der Waals surface area contributed by atoms with Crippen molar-refractivity contribution in [2.75, 3.05) is 51.3 Å². The monoisotopic (exact) mass is 892 g/mol. The number of aliphatic imine (C=N–C) groups is 1. The first-order valence-corrected chi connectivity index (χ1v) is 20.8. The molecule has 1 N–H and O–H groups in total. The van der Waals surface area contributed by atoms with Gasteiger partial charge in [-0.05, 0) is 30.5 Å². The average molecular weight is 893 g/mol. The highest BCUT2D eigenvalue weighted by Crippen LogP contribution is 2.31. The van der Waals surface area contributed by atoms with Gasteiger partial charge in [-0.3, -0.25) is 29.0 Å². The van der Waals surface area contributed by atoms with Crippen LogP contribution >= 0.6 is 0 Å². The van der Waals surface area contributed by atoms with Crippen LogP contribution in [0.15, 0.2) is 72.2 Å². The van der Waals surface area contributed by atoms with E-state index in [1.54, 1.807) is 67.0 Å². The molecule has 2 unspecified atom stereocenters. The number of nitrogens with one attached hydrogen (secondary N) is 1. The summed E-state index contributed by atoms with van der Waals surface area (Å²) in [4.78, 5) is 68.0. The van der Waals surface area contributed by atoms with Gasteiger partial charge in [-0.1, -0.05) is 30.3 Å². The lowest BCUT2D eigenvalue weighted by Crippen LogP contribution is -2.47. The average Bonchev–Trinajstić information content (AvgIpc) is 4.12. The lowest BCUT2D eigenvalue weighted by atomic mass is 9.95. The molecule has 0 fully saturated rings. The lowest BCUT2D eigenvalue weighted by molar-refractivity contribution is -0.120. The second kappa shape index (κ2) is 19.2. The Bertz CT molecular complexity index is 2760. The fraction of sp³-hybridized carbons (Fsp3) is 0.372. The van der Waals surface area contributed by atoms with E-state index in [9.17, 15) is 23.6 Å². The van der Waals surface area contributed by atoms with Crippen LogP contribution in [0.2, 0.25) is 0 Å². The van der Waals surface area contributed by atoms with E-state index in [1.165, 1.54) is 57.3 Å². The SMILES string of the molecule is COCCc1cc2n(n1)CCC(C=NC(=O)c1ncn(Cc3ccc(C(COC)c4cc5n(n4)CC[C@@H](NC(=O)c4ncn(Cc6ccccc6F)n4)C(=O)N5C)cc3F)n1)C(=O)N2C. The van der Waals surface area contributed by atoms with Crippen molar-refractivity contribution in [1.82, 2.24) is 54.4 Å². The van der Waals surface area contributed by atoms with Crippen molar-refractivity contribution in [3.8, 4) is 0 Å². The van der Waals surface area contributed by atoms with E-state index in [1.807, 2.05) is 6.07 Å². The first-order valence-electron chi connectivity index (χ1n) is 20.8. The molecule has 20 nitrogen and oxygen atoms in total. The number of anilines is 2. The number of aromatic nitrogens is 10. The summed E-state index contributed by atoms with van der Waals surface area (Å²) >= 11 is 0. The maximum atomic E-state index is 15.8. The Kier molecular flexibility index (Phi) is 13.1. The van der Waals surface area contributed by atoms with Gasteiger partial charge in [0, 0.05) is 77.3 Å². The zero-order valence-electron chi connectivity index (χ0n) is 36.0. The maximum absolute atomic E-state index is 15.8. The normalized spacial score (nSPS) is 17.0. The van der Waals surface area contributed by atoms with Crippen LogP contribution in [-0.4, -0.2) is 127 Å². The molecule has 6 heterocycles. The second-order valence-corrected chi connectivity index (χ2v) is 15.7. The van der Waals surface area contributed by atoms with Gasteiger partial charge in [0.1, 0.15) is 42.0 Å². The predicted octanol–water partition coefficient (Wildman–Crippen LogP) is 2.66. The molecule has 65 heavy (non-hydrogen) atoms. The number of fused-ring (bicyclic) bond motifs is 2. The molecule has 22 heteroatoms. The van der Waals surface area contributed by atoms with Gasteiger partial charge in [-0.15, -0.1) is 10.2 Å². The summed E-state index contributed by atoms with van der Waals surface area (Å²) in [7, 11) is 6.37. The molecule has 2 aromatic carbocycles. The zero-order chi connectivity index (χ0) is 45.8. The van der Waals surface area contributed by atoms with Crippen LogP contribution in [0.1, 0.15) is 68.1 Å². The second-order valence-electron chi connectivity index (χ2n) is 15.7. The molecular formula is C43H46F2N14O6. The quantitative estimate of drug-likeness (QED) is 0.147. The predicted molar refractivity (Wildman–Crippen MR) is 228 cm³/mol. The smallest absolute Gasteiger partial charge is 0.316 e. The first kappa shape index (κ1) is 44.3. The third-order valence-corrected chi connectivity index (χ3v) is 11.3. The Balaban J connectivity index is 0.883. The molecule has 338 valence electrons. The molecule has 4 aromatic heterocycles. The molecule has 6 aromatic rings. The third kappa shape index (κ3) is 9.62. The van der Waals surface area contributed by atoms with Crippen molar-refractivity contribution in [2.24, 2.45) is 10.9 Å². The molecule has 0 spiro atoms. The van der Waals surface area contributed by atoms with E-state index >= 15 is 4.39 Å². The molecule has 0 aliphatic carbocycles. The van der Waals surface area contributed by atoms with Gasteiger partial charge >= 0.3 is 5.91 Å². The largest absolute Gasteiger partial charge is 0.384 e. The molecule has 8 rings (SSSR count). The fourth-order valence-electron chi connectivity index (χ4n) is 7.78. The van der Waals surface area contributed by atoms with Crippen LogP contribution in [0, 0.1) is 17.6 Å². The van der Waals surface area contributed by atoms with E-state index in [0.717, 1.165) is 5.69 Å². The first-order chi connectivity index (χ1) is 31.4. The van der Waals surface area contributed by atoms with Gasteiger partial charge in [0.05, 0.1) is 49.5 Å². The van der Waals surface area contributed by atoms with Crippen LogP contribution in [0.25, 0.3) is 0 Å². The Morgan fingerprint density at radius 1 is 0.815 bits per heavy atom. The number of amides is 4. The van der Waals surface area contributed by atoms with Gasteiger partial charge in [0.15, 0.2) is 0 Å². The lowest BCUT2D eigenvalue weighted by Gasteiger charge is -2.20. The van der Waals surface area contributed by atoms with Crippen molar-refractivity contribution in [3.63, 3.8) is 0 Å². The van der Waals surface area contributed by atoms with Gasteiger partial charge < -0.3 is 14.8 Å². The summed E-state index contributed by atoms with van der Waals surface area (Å²) in [5.74, 6) is -3.38. The molecule has 0 saturated heterocycles. The van der Waals surface area contributed by atoms with Crippen molar-refractivity contribution < 1.29 is 37.4 Å². The van der Waals surface area contributed by atoms with Crippen molar-refractivity contribution in [2.45, 2.75) is 57.4 Å². The minimum absolute atomic E-state index is 0.0379. The summed E-state index contributed by atoms with van der Waals surface area (Å²) in [5, 5.41) is 20.5. The van der Waals surface area contributed by atoms with Crippen LogP contribution in [0.5, 0.6) is 0 Å². The van der Waals surface area contributed by atoms with Gasteiger partial charge in [0.25, 0.3) is 11.8 Å². The number of nitrogens with zero attached hydrogens (tertiary/aromatic N) is 13. The Hall–Kier alpha value is -7.33. The molecule has 2 aliphatic rings. The number of halogens is 2. The highest BCUT2D eigenvalue weighted by atomic mass is 19.1. The number of hydrogen-bond donors (Lipinski definition) is 1. The molecule has 3 atom stereocenters. The number of benzene rings is 2. The van der Waals surface area contributed by atoms with Crippen LogP contribution in [0.3, 0.4) is 0 Å². The summed E-state index contributed by atoms with van der Waals surface area (Å²) in [6, 6.07) is 13.6. The standard InChI is InChI=1S/C43H46F2N14O6/c1-54-36-18-30(13-16-64-3)50-58(36)14-11-27(42(54)62)20-46-40(60)38-47-24-57(52-38)22-29-10-9-26(17-33(29)45)31(23-65-4)35-19-37-55(2)43(63)34(12-15-59(37)51-35)49-41(61)39-48-25-56(53-39)21-28-7-5-6-8-32(28)44/h5-10,17-20,24-25,27,31,34H,11-16,21-23H2,1-4H3,(H,49,61)/t27?,31?,34-/m1/s1. The molecular weight excluding hydrogens is 847 g/mol. The molecule has 2 aliphatic heterocycles. The Morgan fingerprint density at radius 3 is 2.23 bits per heavy atom. The number of hydrogen-bond acceptors (Lipinski definition) is 12. The summed E-state index contributed by atoms with van der Waals surface area (Å²) in [6.07, 6.45) is 5.16. The van der Waals surface area contributed by atoms with E-state index in [0.29, 0.717) is 54.4 Å². The summed E-state index contributed by atoms with van der Waals surface area (Å²) in [5.41, 5.74) is 2.58. The maximum Gasteiger partial charge on any atom is 0.316 e. The minimum atomic E-state index is -0.910. The summed E-state index contributed by atoms with van der Waals surface area (Å²) in [6.45, 7) is 1.42. The Labute approximate surface area is 370 Å². The highest BCUT2D eigenvalue weighted by molar-refractivity contribution is 6.06. The third-order valence-electron chi connectivity index (χ3n) is 11.3. The fourth-order valence-corrected chi connectivity index (χ4v) is 7.78. The molecule has 4 amide bonds. The topological polar surface area (TPSA) is 215 Å². The number of ether oxygens (including phenoxy) is 2. The number of likely N-dealkylation sites (N-methyl/N-ethyl adjacent to an activating group) is 1. The van der Waals surface area contributed by atoms with Gasteiger partial charge in [-0.2, -0.15) is 10.2 Å². The van der Waals surface area contributed by atoms with E-state index in [4.69, 9.17) is 14.6 Å².